The molecule has 2 aromatic rings. The summed E-state index contributed by atoms with van der Waals surface area (Å²) >= 11 is 0. The molecule has 0 radical (unpaired) electrons. The molecule has 19 heavy (non-hydrogen) atoms. The summed E-state index contributed by atoms with van der Waals surface area (Å²) in [5.74, 6) is 0.505. The highest BCUT2D eigenvalue weighted by Gasteiger charge is 2.21. The molecule has 1 heterocycles. The highest BCUT2D eigenvalue weighted by atomic mass is 16.3. The van der Waals surface area contributed by atoms with Crippen LogP contribution < -0.4 is 5.32 Å². The Kier molecular flexibility index (Phi) is 4.27. The minimum Gasteiger partial charge on any atom is -0.389 e. The number of hydrogen-bond acceptors (Lipinski definition) is 2. The lowest BCUT2D eigenvalue weighted by molar-refractivity contribution is 0.0383. The summed E-state index contributed by atoms with van der Waals surface area (Å²) in [7, 11) is 0. The van der Waals surface area contributed by atoms with Crippen molar-refractivity contribution in [1.82, 2.24) is 10.3 Å². The minimum atomic E-state index is -0.639. The van der Waals surface area contributed by atoms with Crippen molar-refractivity contribution >= 4 is 10.9 Å². The molecule has 1 atom stereocenters. The number of aliphatic hydroxyl groups is 1. The number of rotatable bonds is 6. The average molecular weight is 260 g/mol. The van der Waals surface area contributed by atoms with E-state index < -0.39 is 5.60 Å². The van der Waals surface area contributed by atoms with Gasteiger partial charge in [0.05, 0.1) is 5.60 Å². The van der Waals surface area contributed by atoms with Gasteiger partial charge in [0, 0.05) is 30.2 Å². The number of nitrogens with one attached hydrogen (secondary N) is 2. The summed E-state index contributed by atoms with van der Waals surface area (Å²) in [6, 6.07) is 8.36. The van der Waals surface area contributed by atoms with Gasteiger partial charge in [0.15, 0.2) is 0 Å². The quantitative estimate of drug-likeness (QED) is 0.747. The van der Waals surface area contributed by atoms with Crippen molar-refractivity contribution in [3.63, 3.8) is 0 Å². The molecule has 1 aromatic heterocycles. The monoisotopic (exact) mass is 260 g/mol. The highest BCUT2D eigenvalue weighted by molar-refractivity contribution is 5.82. The van der Waals surface area contributed by atoms with Crippen molar-refractivity contribution in [3.8, 4) is 0 Å². The first kappa shape index (κ1) is 14.1. The lowest BCUT2D eigenvalue weighted by atomic mass is 9.94. The van der Waals surface area contributed by atoms with Crippen LogP contribution in [0.3, 0.4) is 0 Å². The third-order valence-electron chi connectivity index (χ3n) is 3.35. The molecule has 0 aliphatic carbocycles. The normalized spacial score (nSPS) is 15.0. The summed E-state index contributed by atoms with van der Waals surface area (Å²) in [4.78, 5) is 3.22. The second-order valence-corrected chi connectivity index (χ2v) is 6.05. The molecule has 1 aromatic carbocycles. The SMILES string of the molecule is CC(C)CC(C)(O)CNCc1cccc2[nH]ccc12. The van der Waals surface area contributed by atoms with Gasteiger partial charge in [-0.25, -0.2) is 0 Å². The molecular weight excluding hydrogens is 236 g/mol. The van der Waals surface area contributed by atoms with E-state index >= 15 is 0 Å². The molecule has 0 saturated heterocycles. The number of aromatic amines is 1. The van der Waals surface area contributed by atoms with Crippen LogP contribution in [0, 0.1) is 5.92 Å². The summed E-state index contributed by atoms with van der Waals surface area (Å²) < 4.78 is 0. The average Bonchev–Trinajstić information content (AvgIpc) is 2.75. The Hall–Kier alpha value is -1.32. The molecular formula is C16H24N2O. The lowest BCUT2D eigenvalue weighted by Crippen LogP contribution is -2.38. The highest BCUT2D eigenvalue weighted by Crippen LogP contribution is 2.18. The van der Waals surface area contributed by atoms with E-state index in [2.05, 4.69) is 48.4 Å². The van der Waals surface area contributed by atoms with Crippen LogP contribution in [0.2, 0.25) is 0 Å². The van der Waals surface area contributed by atoms with Crippen molar-refractivity contribution in [3.05, 3.63) is 36.0 Å². The van der Waals surface area contributed by atoms with Crippen LogP contribution >= 0.6 is 0 Å². The van der Waals surface area contributed by atoms with Crippen LogP contribution in [0.5, 0.6) is 0 Å². The molecule has 3 N–H and O–H groups in total. The standard InChI is InChI=1S/C16H24N2O/c1-12(2)9-16(3,19)11-17-10-13-5-4-6-15-14(13)7-8-18-15/h4-8,12,17-19H,9-11H2,1-3H3. The largest absolute Gasteiger partial charge is 0.389 e. The number of hydrogen-bond donors (Lipinski definition) is 3. The van der Waals surface area contributed by atoms with E-state index in [1.165, 1.54) is 10.9 Å². The van der Waals surface area contributed by atoms with E-state index in [1.54, 1.807) is 0 Å². The zero-order valence-electron chi connectivity index (χ0n) is 12.0. The van der Waals surface area contributed by atoms with Crippen LogP contribution in [0.4, 0.5) is 0 Å². The van der Waals surface area contributed by atoms with E-state index in [0.717, 1.165) is 18.5 Å². The Balaban J connectivity index is 1.94. The third kappa shape index (κ3) is 3.82. The molecule has 104 valence electrons. The van der Waals surface area contributed by atoms with Crippen molar-refractivity contribution in [2.24, 2.45) is 5.92 Å². The Morgan fingerprint density at radius 1 is 1.32 bits per heavy atom. The lowest BCUT2D eigenvalue weighted by Gasteiger charge is -2.25. The third-order valence-corrected chi connectivity index (χ3v) is 3.35. The summed E-state index contributed by atoms with van der Waals surface area (Å²) in [5.41, 5.74) is 1.78. The molecule has 0 spiro atoms. The van der Waals surface area contributed by atoms with Gasteiger partial charge in [0.1, 0.15) is 0 Å². The molecule has 0 amide bonds. The van der Waals surface area contributed by atoms with Crippen LogP contribution in [-0.2, 0) is 6.54 Å². The van der Waals surface area contributed by atoms with Gasteiger partial charge in [-0.05, 0) is 37.0 Å². The van der Waals surface area contributed by atoms with Gasteiger partial charge in [-0.1, -0.05) is 26.0 Å². The molecule has 0 aliphatic heterocycles. The van der Waals surface area contributed by atoms with Crippen LogP contribution in [-0.4, -0.2) is 22.2 Å². The Labute approximate surface area is 115 Å². The van der Waals surface area contributed by atoms with E-state index in [1.807, 2.05) is 13.1 Å². The first-order chi connectivity index (χ1) is 8.98. The Bertz CT molecular complexity index is 528. The topological polar surface area (TPSA) is 48.0 Å². The molecule has 0 saturated carbocycles. The van der Waals surface area contributed by atoms with Crippen molar-refractivity contribution in [1.29, 1.82) is 0 Å². The Morgan fingerprint density at radius 3 is 2.84 bits per heavy atom. The molecule has 3 nitrogen and oxygen atoms in total. The van der Waals surface area contributed by atoms with Gasteiger partial charge in [0.25, 0.3) is 0 Å². The maximum absolute atomic E-state index is 10.3. The summed E-state index contributed by atoms with van der Waals surface area (Å²) in [5, 5.41) is 14.9. The van der Waals surface area contributed by atoms with Gasteiger partial charge >= 0.3 is 0 Å². The zero-order chi connectivity index (χ0) is 13.9. The fourth-order valence-electron chi connectivity index (χ4n) is 2.72. The molecule has 1 unspecified atom stereocenters. The number of aromatic nitrogens is 1. The van der Waals surface area contributed by atoms with Crippen LogP contribution in [0.25, 0.3) is 10.9 Å². The first-order valence-corrected chi connectivity index (χ1v) is 6.96. The maximum atomic E-state index is 10.3. The molecule has 0 bridgehead atoms. The van der Waals surface area contributed by atoms with Crippen molar-refractivity contribution in [2.75, 3.05) is 6.54 Å². The molecule has 2 rings (SSSR count). The first-order valence-electron chi connectivity index (χ1n) is 6.96. The van der Waals surface area contributed by atoms with E-state index in [4.69, 9.17) is 0 Å². The van der Waals surface area contributed by atoms with E-state index in [-0.39, 0.29) is 0 Å². The van der Waals surface area contributed by atoms with Gasteiger partial charge in [-0.3, -0.25) is 0 Å². The predicted molar refractivity (Wildman–Crippen MR) is 80.1 cm³/mol. The van der Waals surface area contributed by atoms with Gasteiger partial charge in [0.2, 0.25) is 0 Å². The maximum Gasteiger partial charge on any atom is 0.0746 e. The summed E-state index contributed by atoms with van der Waals surface area (Å²) in [6.45, 7) is 7.57. The second kappa shape index (κ2) is 5.76. The summed E-state index contributed by atoms with van der Waals surface area (Å²) in [6.07, 6.45) is 2.78. The number of benzene rings is 1. The Morgan fingerprint density at radius 2 is 2.11 bits per heavy atom. The molecule has 0 fully saturated rings. The zero-order valence-corrected chi connectivity index (χ0v) is 12.0. The van der Waals surface area contributed by atoms with Gasteiger partial charge in [-0.15, -0.1) is 0 Å². The van der Waals surface area contributed by atoms with E-state index in [0.29, 0.717) is 12.5 Å². The van der Waals surface area contributed by atoms with Gasteiger partial charge in [-0.2, -0.15) is 0 Å². The fraction of sp³-hybridized carbons (Fsp3) is 0.500. The van der Waals surface area contributed by atoms with Gasteiger partial charge < -0.3 is 15.4 Å². The molecule has 3 heteroatoms. The molecule has 0 aliphatic rings. The minimum absolute atomic E-state index is 0.505. The van der Waals surface area contributed by atoms with Crippen LogP contribution in [0.1, 0.15) is 32.8 Å². The second-order valence-electron chi connectivity index (χ2n) is 6.05. The van der Waals surface area contributed by atoms with Crippen LogP contribution in [0.15, 0.2) is 30.5 Å². The smallest absolute Gasteiger partial charge is 0.0746 e. The predicted octanol–water partition coefficient (Wildman–Crippen LogP) is 3.05. The number of fused-ring (bicyclic) bond motifs is 1. The fourth-order valence-corrected chi connectivity index (χ4v) is 2.72. The van der Waals surface area contributed by atoms with E-state index in [9.17, 15) is 5.11 Å². The number of H-pyrrole nitrogens is 1. The van der Waals surface area contributed by atoms with Crippen molar-refractivity contribution < 1.29 is 5.11 Å². The van der Waals surface area contributed by atoms with Crippen molar-refractivity contribution in [2.45, 2.75) is 39.3 Å².